The first-order chi connectivity index (χ1) is 9.25. The fourth-order valence-corrected chi connectivity index (χ4v) is 2.56. The minimum atomic E-state index is -3.67. The van der Waals surface area contributed by atoms with Crippen molar-refractivity contribution in [2.75, 3.05) is 13.7 Å². The van der Waals surface area contributed by atoms with Gasteiger partial charge in [0.15, 0.2) is 0 Å². The van der Waals surface area contributed by atoms with E-state index in [9.17, 15) is 8.42 Å². The number of hydrogen-bond acceptors (Lipinski definition) is 4. The molecular formula is C14H24N2O3S. The summed E-state index contributed by atoms with van der Waals surface area (Å²) in [6.07, 6.45) is 0. The van der Waals surface area contributed by atoms with E-state index < -0.39 is 10.0 Å². The van der Waals surface area contributed by atoms with Gasteiger partial charge in [-0.1, -0.05) is 26.0 Å². The Morgan fingerprint density at radius 3 is 2.45 bits per heavy atom. The summed E-state index contributed by atoms with van der Waals surface area (Å²) in [5.41, 5.74) is 0.887. The topological polar surface area (TPSA) is 81.4 Å². The summed E-state index contributed by atoms with van der Waals surface area (Å²) in [6, 6.07) is 6.91. The lowest BCUT2D eigenvalue weighted by Gasteiger charge is -2.26. The van der Waals surface area contributed by atoms with Crippen LogP contribution in [-0.4, -0.2) is 28.2 Å². The zero-order valence-corrected chi connectivity index (χ0v) is 13.3. The first kappa shape index (κ1) is 17.1. The Balaban J connectivity index is 2.89. The van der Waals surface area contributed by atoms with Crippen LogP contribution in [0.5, 0.6) is 0 Å². The van der Waals surface area contributed by atoms with Crippen molar-refractivity contribution in [2.45, 2.75) is 37.8 Å². The monoisotopic (exact) mass is 300 g/mol. The third-order valence-corrected chi connectivity index (χ3v) is 4.21. The van der Waals surface area contributed by atoms with E-state index in [1.54, 1.807) is 19.2 Å². The first-order valence-electron chi connectivity index (χ1n) is 6.63. The standard InChI is InChI=1S/C14H24N2O3S/c1-10(2)14(9-19-4)16-11(3)12-6-5-7-13(8-12)20(15,17)18/h5-8,10-11,14,16H,9H2,1-4H3,(H2,15,17,18). The highest BCUT2D eigenvalue weighted by atomic mass is 32.2. The van der Waals surface area contributed by atoms with Gasteiger partial charge in [-0.15, -0.1) is 0 Å². The molecule has 0 aliphatic carbocycles. The van der Waals surface area contributed by atoms with Gasteiger partial charge in [0.05, 0.1) is 11.5 Å². The molecule has 0 aromatic heterocycles. The molecule has 0 saturated carbocycles. The molecule has 1 aromatic carbocycles. The molecule has 1 aromatic rings. The van der Waals surface area contributed by atoms with Crippen LogP contribution in [0.1, 0.15) is 32.4 Å². The fraction of sp³-hybridized carbons (Fsp3) is 0.571. The maximum absolute atomic E-state index is 11.4. The van der Waals surface area contributed by atoms with E-state index in [2.05, 4.69) is 19.2 Å². The largest absolute Gasteiger partial charge is 0.383 e. The van der Waals surface area contributed by atoms with Crippen molar-refractivity contribution >= 4 is 10.0 Å². The summed E-state index contributed by atoms with van der Waals surface area (Å²) < 4.78 is 28.0. The predicted octanol–water partition coefficient (Wildman–Crippen LogP) is 1.66. The van der Waals surface area contributed by atoms with Gasteiger partial charge in [-0.05, 0) is 30.5 Å². The Bertz CT molecular complexity index is 529. The van der Waals surface area contributed by atoms with Crippen molar-refractivity contribution in [1.82, 2.24) is 5.32 Å². The average molecular weight is 300 g/mol. The number of nitrogens with one attached hydrogen (secondary N) is 1. The third kappa shape index (κ3) is 4.86. The van der Waals surface area contributed by atoms with E-state index >= 15 is 0 Å². The highest BCUT2D eigenvalue weighted by molar-refractivity contribution is 7.89. The number of nitrogens with two attached hydrogens (primary N) is 1. The zero-order chi connectivity index (χ0) is 15.3. The molecule has 0 radical (unpaired) electrons. The number of ether oxygens (including phenoxy) is 1. The maximum Gasteiger partial charge on any atom is 0.238 e. The molecule has 5 nitrogen and oxygen atoms in total. The van der Waals surface area contributed by atoms with Crippen LogP contribution < -0.4 is 10.5 Å². The normalized spacial score (nSPS) is 15.3. The van der Waals surface area contributed by atoms with Gasteiger partial charge in [0, 0.05) is 19.2 Å². The van der Waals surface area contributed by atoms with Crippen molar-refractivity contribution in [3.05, 3.63) is 29.8 Å². The number of hydrogen-bond donors (Lipinski definition) is 2. The lowest BCUT2D eigenvalue weighted by atomic mass is 10.0. The van der Waals surface area contributed by atoms with Gasteiger partial charge < -0.3 is 10.1 Å². The molecule has 0 amide bonds. The Hall–Kier alpha value is -0.950. The van der Waals surface area contributed by atoms with Gasteiger partial charge in [-0.3, -0.25) is 0 Å². The highest BCUT2D eigenvalue weighted by Crippen LogP contribution is 2.18. The lowest BCUT2D eigenvalue weighted by molar-refractivity contribution is 0.141. The third-order valence-electron chi connectivity index (χ3n) is 3.30. The minimum Gasteiger partial charge on any atom is -0.383 e. The Morgan fingerprint density at radius 2 is 1.95 bits per heavy atom. The molecule has 0 aliphatic heterocycles. The van der Waals surface area contributed by atoms with Crippen LogP contribution >= 0.6 is 0 Å². The number of rotatable bonds is 7. The van der Waals surface area contributed by atoms with E-state index in [1.165, 1.54) is 6.07 Å². The molecule has 0 saturated heterocycles. The van der Waals surface area contributed by atoms with Crippen LogP contribution in [0.4, 0.5) is 0 Å². The van der Waals surface area contributed by atoms with E-state index in [1.807, 2.05) is 13.0 Å². The number of benzene rings is 1. The maximum atomic E-state index is 11.4. The first-order valence-corrected chi connectivity index (χ1v) is 8.18. The molecule has 2 atom stereocenters. The van der Waals surface area contributed by atoms with Gasteiger partial charge in [0.2, 0.25) is 10.0 Å². The fourth-order valence-electron chi connectivity index (χ4n) is 1.99. The number of sulfonamides is 1. The zero-order valence-electron chi connectivity index (χ0n) is 12.5. The average Bonchev–Trinajstić information content (AvgIpc) is 2.37. The summed E-state index contributed by atoms with van der Waals surface area (Å²) in [7, 11) is -2.00. The molecule has 0 bridgehead atoms. The second kappa shape index (κ2) is 7.17. The Labute approximate surface area is 121 Å². The second-order valence-electron chi connectivity index (χ2n) is 5.31. The van der Waals surface area contributed by atoms with Gasteiger partial charge in [-0.2, -0.15) is 0 Å². The summed E-state index contributed by atoms with van der Waals surface area (Å²) in [4.78, 5) is 0.136. The van der Waals surface area contributed by atoms with Crippen molar-refractivity contribution in [1.29, 1.82) is 0 Å². The van der Waals surface area contributed by atoms with Crippen molar-refractivity contribution in [2.24, 2.45) is 11.1 Å². The number of methoxy groups -OCH3 is 1. The molecule has 0 spiro atoms. The van der Waals surface area contributed by atoms with Crippen LogP contribution in [0, 0.1) is 5.92 Å². The lowest BCUT2D eigenvalue weighted by Crippen LogP contribution is -2.39. The van der Waals surface area contributed by atoms with Crippen molar-refractivity contribution < 1.29 is 13.2 Å². The smallest absolute Gasteiger partial charge is 0.238 e. The van der Waals surface area contributed by atoms with Gasteiger partial charge in [0.25, 0.3) is 0 Å². The van der Waals surface area contributed by atoms with Crippen LogP contribution in [0.3, 0.4) is 0 Å². The molecule has 20 heavy (non-hydrogen) atoms. The molecule has 1 rings (SSSR count). The van der Waals surface area contributed by atoms with Crippen LogP contribution in [0.15, 0.2) is 29.2 Å². The summed E-state index contributed by atoms with van der Waals surface area (Å²) >= 11 is 0. The Kier molecular flexibility index (Phi) is 6.13. The van der Waals surface area contributed by atoms with Gasteiger partial charge >= 0.3 is 0 Å². The highest BCUT2D eigenvalue weighted by Gasteiger charge is 2.17. The summed E-state index contributed by atoms with van der Waals surface area (Å²) in [5, 5.41) is 8.61. The van der Waals surface area contributed by atoms with Crippen LogP contribution in [-0.2, 0) is 14.8 Å². The number of primary sulfonamides is 1. The van der Waals surface area contributed by atoms with Crippen LogP contribution in [0.2, 0.25) is 0 Å². The van der Waals surface area contributed by atoms with Crippen LogP contribution in [0.25, 0.3) is 0 Å². The molecular weight excluding hydrogens is 276 g/mol. The molecule has 2 unspecified atom stereocenters. The summed E-state index contributed by atoms with van der Waals surface area (Å²) in [6.45, 7) is 6.83. The van der Waals surface area contributed by atoms with Crippen molar-refractivity contribution in [3.8, 4) is 0 Å². The SMILES string of the molecule is COCC(NC(C)c1cccc(S(N)(=O)=O)c1)C(C)C. The van der Waals surface area contributed by atoms with E-state index in [4.69, 9.17) is 9.88 Å². The van der Waals surface area contributed by atoms with Crippen molar-refractivity contribution in [3.63, 3.8) is 0 Å². The van der Waals surface area contributed by atoms with Gasteiger partial charge in [-0.25, -0.2) is 13.6 Å². The second-order valence-corrected chi connectivity index (χ2v) is 6.87. The van der Waals surface area contributed by atoms with E-state index in [0.717, 1.165) is 5.56 Å². The molecule has 0 aliphatic rings. The quantitative estimate of drug-likeness (QED) is 0.802. The molecule has 0 fully saturated rings. The van der Waals surface area contributed by atoms with Gasteiger partial charge in [0.1, 0.15) is 0 Å². The molecule has 6 heteroatoms. The molecule has 114 valence electrons. The molecule has 0 heterocycles. The predicted molar refractivity (Wildman–Crippen MR) is 79.9 cm³/mol. The minimum absolute atomic E-state index is 0.0132. The van der Waals surface area contributed by atoms with E-state index in [0.29, 0.717) is 12.5 Å². The van der Waals surface area contributed by atoms with E-state index in [-0.39, 0.29) is 17.0 Å². The summed E-state index contributed by atoms with van der Waals surface area (Å²) in [5.74, 6) is 0.416. The molecule has 3 N–H and O–H groups in total. The Morgan fingerprint density at radius 1 is 1.30 bits per heavy atom.